The molecule has 0 saturated carbocycles. The molecule has 1 fully saturated rings. The largest absolute Gasteiger partial charge is 0.497 e. The van der Waals surface area contributed by atoms with Gasteiger partial charge in [-0.15, -0.1) is 0 Å². The van der Waals surface area contributed by atoms with Crippen LogP contribution in [-0.4, -0.2) is 29.9 Å². The molecule has 0 radical (unpaired) electrons. The summed E-state index contributed by atoms with van der Waals surface area (Å²) in [5.74, 6) is -0.457. The van der Waals surface area contributed by atoms with Gasteiger partial charge in [0, 0.05) is 23.8 Å². The first-order valence-electron chi connectivity index (χ1n) is 13.5. The highest BCUT2D eigenvalue weighted by Crippen LogP contribution is 2.30. The van der Waals surface area contributed by atoms with Crippen LogP contribution in [-0.2, 0) is 22.8 Å². The Balaban J connectivity index is 1.36. The molecular formula is C33H27N3O8. The second-order valence-electron chi connectivity index (χ2n) is 9.85. The van der Waals surface area contributed by atoms with E-state index in [9.17, 15) is 24.5 Å². The van der Waals surface area contributed by atoms with Crippen molar-refractivity contribution in [3.05, 3.63) is 129 Å². The highest BCUT2D eigenvalue weighted by molar-refractivity contribution is 6.39. The molecular weight excluding hydrogens is 566 g/mol. The molecule has 1 saturated heterocycles. The van der Waals surface area contributed by atoms with Gasteiger partial charge < -0.3 is 14.2 Å². The molecule has 0 aromatic heterocycles. The Morgan fingerprint density at radius 3 is 2.25 bits per heavy atom. The number of nitrogens with zero attached hydrogens (tertiary/aromatic N) is 2. The van der Waals surface area contributed by atoms with Crippen LogP contribution in [0.15, 0.2) is 96.6 Å². The van der Waals surface area contributed by atoms with E-state index in [0.717, 1.165) is 16.0 Å². The normalized spacial score (nSPS) is 13.9. The lowest BCUT2D eigenvalue weighted by atomic mass is 10.1. The second kappa shape index (κ2) is 12.9. The highest BCUT2D eigenvalue weighted by atomic mass is 16.6. The monoisotopic (exact) mass is 593 g/mol. The van der Waals surface area contributed by atoms with Gasteiger partial charge in [-0.05, 0) is 60.5 Å². The third-order valence-corrected chi connectivity index (χ3v) is 6.76. The van der Waals surface area contributed by atoms with Crippen LogP contribution in [0.2, 0.25) is 0 Å². The van der Waals surface area contributed by atoms with Gasteiger partial charge >= 0.3 is 6.03 Å². The predicted molar refractivity (Wildman–Crippen MR) is 161 cm³/mol. The van der Waals surface area contributed by atoms with Gasteiger partial charge in [-0.1, -0.05) is 42.0 Å². The van der Waals surface area contributed by atoms with Crippen LogP contribution in [0.25, 0.3) is 6.08 Å². The number of amides is 4. The van der Waals surface area contributed by atoms with Crippen LogP contribution in [0.1, 0.15) is 22.3 Å². The van der Waals surface area contributed by atoms with Crippen LogP contribution in [0.3, 0.4) is 0 Å². The predicted octanol–water partition coefficient (Wildman–Crippen LogP) is 5.74. The van der Waals surface area contributed by atoms with Crippen molar-refractivity contribution in [1.29, 1.82) is 0 Å². The van der Waals surface area contributed by atoms with Crippen molar-refractivity contribution in [2.75, 3.05) is 12.0 Å². The van der Waals surface area contributed by atoms with Gasteiger partial charge in [0.05, 0.1) is 17.7 Å². The quantitative estimate of drug-likeness (QED) is 0.106. The number of urea groups is 1. The van der Waals surface area contributed by atoms with Gasteiger partial charge in [0.15, 0.2) is 0 Å². The molecule has 1 heterocycles. The lowest BCUT2D eigenvalue weighted by Crippen LogP contribution is -2.54. The van der Waals surface area contributed by atoms with E-state index in [1.165, 1.54) is 25.3 Å². The average Bonchev–Trinajstić information content (AvgIpc) is 3.02. The molecule has 222 valence electrons. The average molecular weight is 594 g/mol. The molecule has 1 N–H and O–H groups in total. The van der Waals surface area contributed by atoms with Crippen molar-refractivity contribution in [1.82, 2.24) is 5.32 Å². The molecule has 11 heteroatoms. The summed E-state index contributed by atoms with van der Waals surface area (Å²) < 4.78 is 17.0. The minimum atomic E-state index is -0.887. The van der Waals surface area contributed by atoms with Gasteiger partial charge in [0.2, 0.25) is 0 Å². The lowest BCUT2D eigenvalue weighted by molar-refractivity contribution is -0.384. The van der Waals surface area contributed by atoms with Crippen LogP contribution in [0.4, 0.5) is 16.2 Å². The van der Waals surface area contributed by atoms with E-state index in [4.69, 9.17) is 14.2 Å². The highest BCUT2D eigenvalue weighted by Gasteiger charge is 2.37. The minimum Gasteiger partial charge on any atom is -0.497 e. The second-order valence-corrected chi connectivity index (χ2v) is 9.85. The molecule has 4 aromatic carbocycles. The van der Waals surface area contributed by atoms with Crippen molar-refractivity contribution >= 4 is 35.3 Å². The smallest absolute Gasteiger partial charge is 0.335 e. The van der Waals surface area contributed by atoms with E-state index < -0.39 is 22.8 Å². The maximum absolute atomic E-state index is 13.5. The number of aryl methyl sites for hydroxylation is 1. The molecule has 1 aliphatic heterocycles. The van der Waals surface area contributed by atoms with Gasteiger partial charge in [0.1, 0.15) is 36.0 Å². The number of nitrogens with one attached hydrogen (secondary N) is 1. The number of methoxy groups -OCH3 is 1. The van der Waals surface area contributed by atoms with E-state index in [0.29, 0.717) is 29.2 Å². The molecule has 1 aliphatic rings. The number of benzene rings is 4. The van der Waals surface area contributed by atoms with Gasteiger partial charge in [0.25, 0.3) is 17.5 Å². The number of ether oxygens (including phenoxy) is 3. The van der Waals surface area contributed by atoms with Crippen LogP contribution < -0.4 is 24.4 Å². The van der Waals surface area contributed by atoms with Crippen molar-refractivity contribution < 1.29 is 33.5 Å². The van der Waals surface area contributed by atoms with Crippen LogP contribution >= 0.6 is 0 Å². The van der Waals surface area contributed by atoms with Crippen LogP contribution in [0.5, 0.6) is 17.2 Å². The van der Waals surface area contributed by atoms with Gasteiger partial charge in [-0.3, -0.25) is 25.0 Å². The Hall–Kier alpha value is -5.97. The molecule has 5 rings (SSSR count). The van der Waals surface area contributed by atoms with Gasteiger partial charge in [-0.25, -0.2) is 9.69 Å². The van der Waals surface area contributed by atoms with Gasteiger partial charge in [-0.2, -0.15) is 0 Å². The molecule has 0 unspecified atom stereocenters. The topological polar surface area (TPSA) is 137 Å². The lowest BCUT2D eigenvalue weighted by Gasteiger charge is -2.26. The molecule has 0 bridgehead atoms. The Bertz CT molecular complexity index is 1770. The fourth-order valence-electron chi connectivity index (χ4n) is 4.40. The summed E-state index contributed by atoms with van der Waals surface area (Å²) >= 11 is 0. The number of carbonyl (C=O) groups excluding carboxylic acids is 3. The molecule has 4 aromatic rings. The Kier molecular flexibility index (Phi) is 8.66. The molecule has 44 heavy (non-hydrogen) atoms. The zero-order valence-electron chi connectivity index (χ0n) is 23.8. The third-order valence-electron chi connectivity index (χ3n) is 6.76. The van der Waals surface area contributed by atoms with E-state index in [1.54, 1.807) is 54.6 Å². The van der Waals surface area contributed by atoms with Crippen molar-refractivity contribution in [2.24, 2.45) is 0 Å². The molecule has 0 spiro atoms. The Morgan fingerprint density at radius 2 is 1.55 bits per heavy atom. The number of rotatable bonds is 10. The minimum absolute atomic E-state index is 0.0336. The summed E-state index contributed by atoms with van der Waals surface area (Å²) in [6.45, 7) is 2.31. The molecule has 4 amide bonds. The summed E-state index contributed by atoms with van der Waals surface area (Å²) in [6.07, 6.45) is 1.32. The summed E-state index contributed by atoms with van der Waals surface area (Å²) in [4.78, 5) is 50.6. The third kappa shape index (κ3) is 6.73. The maximum atomic E-state index is 13.5. The molecule has 0 aliphatic carbocycles. The number of barbiturate groups is 1. The number of hydrogen-bond donors (Lipinski definition) is 1. The summed E-state index contributed by atoms with van der Waals surface area (Å²) in [5, 5.41) is 13.4. The van der Waals surface area contributed by atoms with Crippen molar-refractivity contribution in [3.8, 4) is 17.2 Å². The molecule has 0 atom stereocenters. The number of anilines is 1. The maximum Gasteiger partial charge on any atom is 0.335 e. The number of nitro benzene ring substituents is 1. The van der Waals surface area contributed by atoms with E-state index >= 15 is 0 Å². The van der Waals surface area contributed by atoms with E-state index in [1.807, 2.05) is 31.2 Å². The SMILES string of the molecule is COc1ccc(/C=C2\C(=O)NC(=O)N(c3ccc(OCc4ccc(C)cc4)cc3)C2=O)c(OCc2cccc([N+](=O)[O-])c2)c1. The fraction of sp³-hybridized carbons (Fsp3) is 0.121. The number of imide groups is 2. The number of nitro groups is 1. The first-order valence-corrected chi connectivity index (χ1v) is 13.5. The Morgan fingerprint density at radius 1 is 0.841 bits per heavy atom. The summed E-state index contributed by atoms with van der Waals surface area (Å²) in [7, 11) is 1.47. The number of non-ortho nitro benzene ring substituents is 1. The van der Waals surface area contributed by atoms with Crippen molar-refractivity contribution in [3.63, 3.8) is 0 Å². The summed E-state index contributed by atoms with van der Waals surface area (Å²) in [5.41, 5.74) is 2.88. The number of hydrogen-bond acceptors (Lipinski definition) is 8. The fourth-order valence-corrected chi connectivity index (χ4v) is 4.40. The zero-order valence-corrected chi connectivity index (χ0v) is 23.8. The number of carbonyl (C=O) groups is 3. The first kappa shape index (κ1) is 29.5. The van der Waals surface area contributed by atoms with Crippen molar-refractivity contribution in [2.45, 2.75) is 20.1 Å². The zero-order chi connectivity index (χ0) is 31.2. The van der Waals surface area contributed by atoms with Crippen LogP contribution in [0, 0.1) is 17.0 Å². The van der Waals surface area contributed by atoms with E-state index in [2.05, 4.69) is 5.32 Å². The first-order chi connectivity index (χ1) is 21.2. The Labute approximate surface area is 252 Å². The van der Waals surface area contributed by atoms with E-state index in [-0.39, 0.29) is 29.3 Å². The molecule has 11 nitrogen and oxygen atoms in total. The summed E-state index contributed by atoms with van der Waals surface area (Å²) in [6, 6.07) is 24.2. The standard InChI is InChI=1S/C33H27N3O8/c1-21-6-8-22(9-7-21)19-43-27-14-11-25(12-15-27)35-32(38)29(31(37)34-33(35)39)17-24-10-13-28(42-2)18-30(24)44-20-23-4-3-5-26(16-23)36(40)41/h3-18H,19-20H2,1-2H3,(H,34,37,39)/b29-17+.